The van der Waals surface area contributed by atoms with Gasteiger partial charge in [-0.15, -0.1) is 0 Å². The normalized spacial score (nSPS) is 24.3. The molecule has 1 heterocycles. The molecule has 110 valence electrons. The van der Waals surface area contributed by atoms with Gasteiger partial charge in [0, 0.05) is 18.4 Å². The summed E-state index contributed by atoms with van der Waals surface area (Å²) in [6, 6.07) is 7.55. The summed E-state index contributed by atoms with van der Waals surface area (Å²) in [5, 5.41) is 19.4. The van der Waals surface area contributed by atoms with Gasteiger partial charge in [-0.2, -0.15) is 0 Å². The van der Waals surface area contributed by atoms with Gasteiger partial charge in [0.05, 0.1) is 5.70 Å². The number of aliphatic hydroxyl groups is 1. The van der Waals surface area contributed by atoms with Gasteiger partial charge in [0.25, 0.3) is 0 Å². The Morgan fingerprint density at radius 3 is 2.76 bits per heavy atom. The zero-order chi connectivity index (χ0) is 15.1. The molecular weight excluding hydrogens is 290 g/mol. The van der Waals surface area contributed by atoms with Gasteiger partial charge >= 0.3 is 5.97 Å². The molecule has 2 aliphatic rings. The number of carboxylic acid groups (broad SMARTS) is 1. The van der Waals surface area contributed by atoms with E-state index in [1.807, 2.05) is 29.2 Å². The molecule has 2 N–H and O–H groups in total. The molecule has 1 aliphatic carbocycles. The first-order valence-corrected chi connectivity index (χ1v) is 7.34. The Balaban J connectivity index is 2.08. The van der Waals surface area contributed by atoms with Crippen LogP contribution in [0.4, 0.5) is 0 Å². The number of fused-ring (bicyclic) bond motifs is 1. The van der Waals surface area contributed by atoms with E-state index in [1.54, 1.807) is 20.1 Å². The van der Waals surface area contributed by atoms with E-state index in [1.165, 1.54) is 0 Å². The molecule has 2 atom stereocenters. The second-order valence-corrected chi connectivity index (χ2v) is 5.88. The van der Waals surface area contributed by atoms with Gasteiger partial charge in [-0.05, 0) is 18.6 Å². The summed E-state index contributed by atoms with van der Waals surface area (Å²) >= 11 is 1.16. The number of benzene rings is 1. The number of rotatable bonds is 3. The highest BCUT2D eigenvalue weighted by molar-refractivity contribution is 8.04. The van der Waals surface area contributed by atoms with Crippen LogP contribution < -0.4 is 0 Å². The Bertz CT molecular complexity index is 667. The lowest BCUT2D eigenvalue weighted by molar-refractivity contribution is -0.131. The monoisotopic (exact) mass is 305 g/mol. The lowest BCUT2D eigenvalue weighted by Gasteiger charge is -2.27. The molecule has 5 nitrogen and oxygen atoms in total. The largest absolute Gasteiger partial charge is 0.477 e. The summed E-state index contributed by atoms with van der Waals surface area (Å²) in [5.74, 6) is -0.963. The smallest absolute Gasteiger partial charge is 0.344 e. The van der Waals surface area contributed by atoms with Crippen LogP contribution in [-0.2, 0) is 9.53 Å². The van der Waals surface area contributed by atoms with E-state index in [4.69, 9.17) is 4.74 Å². The van der Waals surface area contributed by atoms with Crippen molar-refractivity contribution >= 4 is 23.4 Å². The van der Waals surface area contributed by atoms with E-state index in [0.29, 0.717) is 5.70 Å². The van der Waals surface area contributed by atoms with Gasteiger partial charge in [-0.25, -0.2) is 4.79 Å². The molecule has 21 heavy (non-hydrogen) atoms. The predicted octanol–water partition coefficient (Wildman–Crippen LogP) is 2.37. The number of nitrogens with zero attached hydrogens (tertiary/aromatic N) is 1. The molecule has 0 spiro atoms. The number of aliphatic hydroxyl groups excluding tert-OH is 1. The number of aliphatic carboxylic acids is 1. The molecule has 2 unspecified atom stereocenters. The molecule has 0 bridgehead atoms. The first kappa shape index (κ1) is 14.2. The molecule has 0 radical (unpaired) electrons. The third kappa shape index (κ3) is 2.16. The van der Waals surface area contributed by atoms with E-state index in [0.717, 1.165) is 28.6 Å². The maximum Gasteiger partial charge on any atom is 0.344 e. The molecule has 6 heteroatoms. The van der Waals surface area contributed by atoms with E-state index in [2.05, 4.69) is 0 Å². The highest BCUT2D eigenvalue weighted by Crippen LogP contribution is 2.46. The zero-order valence-corrected chi connectivity index (χ0v) is 12.4. The van der Waals surface area contributed by atoms with Gasteiger partial charge in [-0.1, -0.05) is 36.0 Å². The molecule has 1 aromatic carbocycles. The average molecular weight is 305 g/mol. The summed E-state index contributed by atoms with van der Waals surface area (Å²) < 4.78 is 5.40. The predicted molar refractivity (Wildman–Crippen MR) is 79.9 cm³/mol. The Morgan fingerprint density at radius 2 is 2.10 bits per heavy atom. The van der Waals surface area contributed by atoms with Crippen molar-refractivity contribution in [2.75, 3.05) is 7.11 Å². The van der Waals surface area contributed by atoms with Gasteiger partial charge in [0.1, 0.15) is 11.0 Å². The summed E-state index contributed by atoms with van der Waals surface area (Å²) in [7, 11) is 1.54. The lowest BCUT2D eigenvalue weighted by atomic mass is 10.1. The van der Waals surface area contributed by atoms with Gasteiger partial charge < -0.3 is 19.8 Å². The van der Waals surface area contributed by atoms with Crippen LogP contribution in [0.15, 0.2) is 40.9 Å². The summed E-state index contributed by atoms with van der Waals surface area (Å²) in [6.07, 6.45) is 1.05. The third-order valence-corrected chi connectivity index (χ3v) is 4.96. The van der Waals surface area contributed by atoms with Crippen molar-refractivity contribution in [2.24, 2.45) is 0 Å². The molecule has 1 aromatic rings. The number of thioether (sulfide) groups is 1. The minimum atomic E-state index is -0.963. The molecule has 1 aliphatic heterocycles. The maximum absolute atomic E-state index is 11.3. The molecule has 0 saturated carbocycles. The number of hydrogen-bond acceptors (Lipinski definition) is 5. The fourth-order valence-electron chi connectivity index (χ4n) is 2.69. The summed E-state index contributed by atoms with van der Waals surface area (Å²) in [4.78, 5) is 13.4. The van der Waals surface area contributed by atoms with Crippen LogP contribution in [0, 0.1) is 0 Å². The SMILES string of the molecule is COC1SC(C(=O)O)=C(C)N1C1=CC(O)c2ccccc21. The molecule has 0 fully saturated rings. The quantitative estimate of drug-likeness (QED) is 0.893. The van der Waals surface area contributed by atoms with Crippen molar-refractivity contribution in [1.29, 1.82) is 0 Å². The number of hydrogen-bond donors (Lipinski definition) is 2. The molecule has 0 amide bonds. The molecule has 0 saturated heterocycles. The van der Waals surface area contributed by atoms with Gasteiger partial charge in [-0.3, -0.25) is 0 Å². The highest BCUT2D eigenvalue weighted by Gasteiger charge is 2.38. The topological polar surface area (TPSA) is 70.0 Å². The number of ether oxygens (including phenoxy) is 1. The van der Waals surface area contributed by atoms with Crippen molar-refractivity contribution in [3.8, 4) is 0 Å². The van der Waals surface area contributed by atoms with E-state index >= 15 is 0 Å². The van der Waals surface area contributed by atoms with E-state index in [-0.39, 0.29) is 4.91 Å². The first-order valence-electron chi connectivity index (χ1n) is 6.46. The van der Waals surface area contributed by atoms with Crippen LogP contribution in [0.5, 0.6) is 0 Å². The van der Waals surface area contributed by atoms with Crippen LogP contribution in [-0.4, -0.2) is 33.8 Å². The van der Waals surface area contributed by atoms with E-state index in [9.17, 15) is 15.0 Å². The second kappa shape index (κ2) is 5.22. The number of methoxy groups -OCH3 is 1. The number of carbonyl (C=O) groups is 1. The highest BCUT2D eigenvalue weighted by atomic mass is 32.2. The number of carboxylic acids is 1. The first-order chi connectivity index (χ1) is 10.0. The van der Waals surface area contributed by atoms with Crippen LogP contribution >= 0.6 is 11.8 Å². The maximum atomic E-state index is 11.3. The summed E-state index contributed by atoms with van der Waals surface area (Å²) in [5.41, 5.74) is 2.68. The number of allylic oxidation sites excluding steroid dienone is 1. The van der Waals surface area contributed by atoms with Crippen LogP contribution in [0.3, 0.4) is 0 Å². The standard InChI is InChI=1S/C15H15NO4S/c1-8-13(14(18)19)21-15(20-2)16(8)11-7-12(17)10-6-4-3-5-9(10)11/h3-7,12,15,17H,1-2H3,(H,18,19). The van der Waals surface area contributed by atoms with Gasteiger partial charge in [0.2, 0.25) is 0 Å². The van der Waals surface area contributed by atoms with Crippen molar-refractivity contribution < 1.29 is 19.7 Å². The fraction of sp³-hybridized carbons (Fsp3) is 0.267. The minimum absolute atomic E-state index is 0.265. The molecule has 0 aromatic heterocycles. The van der Waals surface area contributed by atoms with Crippen LogP contribution in [0.1, 0.15) is 24.2 Å². The Labute approximate surface area is 126 Å². The van der Waals surface area contributed by atoms with Gasteiger partial charge in [0.15, 0.2) is 5.56 Å². The fourth-order valence-corrected chi connectivity index (χ4v) is 3.73. The van der Waals surface area contributed by atoms with Crippen molar-refractivity contribution in [1.82, 2.24) is 4.90 Å². The average Bonchev–Trinajstić information content (AvgIpc) is 2.97. The van der Waals surface area contributed by atoms with E-state index < -0.39 is 17.6 Å². The Morgan fingerprint density at radius 1 is 1.38 bits per heavy atom. The second-order valence-electron chi connectivity index (χ2n) is 4.83. The molecular formula is C15H15NO4S. The minimum Gasteiger partial charge on any atom is -0.477 e. The zero-order valence-electron chi connectivity index (χ0n) is 11.6. The third-order valence-electron chi connectivity index (χ3n) is 3.65. The Hall–Kier alpha value is -1.76. The van der Waals surface area contributed by atoms with Crippen LogP contribution in [0.2, 0.25) is 0 Å². The lowest BCUT2D eigenvalue weighted by Crippen LogP contribution is -2.27. The van der Waals surface area contributed by atoms with Crippen molar-refractivity contribution in [2.45, 2.75) is 18.6 Å². The van der Waals surface area contributed by atoms with Crippen LogP contribution in [0.25, 0.3) is 5.70 Å². The molecule has 3 rings (SSSR count). The summed E-state index contributed by atoms with van der Waals surface area (Å²) in [6.45, 7) is 1.75. The van der Waals surface area contributed by atoms with Crippen molar-refractivity contribution in [3.05, 3.63) is 52.1 Å². The van der Waals surface area contributed by atoms with Crippen molar-refractivity contribution in [3.63, 3.8) is 0 Å². The Kier molecular flexibility index (Phi) is 3.52.